The Morgan fingerprint density at radius 3 is 2.88 bits per heavy atom. The van der Waals surface area contributed by atoms with Gasteiger partial charge in [-0.1, -0.05) is 18.2 Å². The molecular weight excluding hydrogens is 316 g/mol. The van der Waals surface area contributed by atoms with E-state index in [-0.39, 0.29) is 6.03 Å². The van der Waals surface area contributed by atoms with Crippen LogP contribution in [-0.4, -0.2) is 45.0 Å². The lowest BCUT2D eigenvalue weighted by Crippen LogP contribution is -2.46. The maximum atomic E-state index is 12.4. The highest BCUT2D eigenvalue weighted by molar-refractivity contribution is 5.74. The smallest absolute Gasteiger partial charge is 0.317 e. The van der Waals surface area contributed by atoms with Gasteiger partial charge in [-0.3, -0.25) is 0 Å². The van der Waals surface area contributed by atoms with E-state index in [1.807, 2.05) is 22.9 Å². The number of para-hydroxylation sites is 1. The Hall–Kier alpha value is -2.34. The summed E-state index contributed by atoms with van der Waals surface area (Å²) in [5.41, 5.74) is 4.58. The molecule has 6 heteroatoms. The second-order valence-electron chi connectivity index (χ2n) is 6.87. The van der Waals surface area contributed by atoms with Crippen LogP contribution in [0.15, 0.2) is 30.3 Å². The summed E-state index contributed by atoms with van der Waals surface area (Å²) in [4.78, 5) is 14.1. The first-order valence-electron chi connectivity index (χ1n) is 9.08. The van der Waals surface area contributed by atoms with E-state index >= 15 is 0 Å². The van der Waals surface area contributed by atoms with Crippen LogP contribution in [0.3, 0.4) is 0 Å². The highest BCUT2D eigenvalue weighted by atomic mass is 16.3. The van der Waals surface area contributed by atoms with Crippen LogP contribution in [0.1, 0.15) is 36.2 Å². The molecule has 1 fully saturated rings. The number of carbonyl (C=O) groups excluding carboxylic acids is 1. The molecule has 1 aliphatic carbocycles. The molecular formula is C19H24N4O2. The van der Waals surface area contributed by atoms with Gasteiger partial charge in [-0.25, -0.2) is 9.48 Å². The number of aliphatic hydroxyl groups is 1. The highest BCUT2D eigenvalue weighted by Crippen LogP contribution is 2.27. The second-order valence-corrected chi connectivity index (χ2v) is 6.87. The van der Waals surface area contributed by atoms with Gasteiger partial charge in [0.1, 0.15) is 0 Å². The number of urea groups is 1. The number of hydrogen-bond acceptors (Lipinski definition) is 3. The van der Waals surface area contributed by atoms with E-state index in [0.29, 0.717) is 19.6 Å². The maximum Gasteiger partial charge on any atom is 0.317 e. The van der Waals surface area contributed by atoms with E-state index in [2.05, 4.69) is 17.4 Å². The highest BCUT2D eigenvalue weighted by Gasteiger charge is 2.25. The summed E-state index contributed by atoms with van der Waals surface area (Å²) in [7, 11) is 0. The minimum atomic E-state index is -0.402. The number of likely N-dealkylation sites (tertiary alicyclic amines) is 1. The molecule has 1 aliphatic heterocycles. The van der Waals surface area contributed by atoms with Crippen LogP contribution in [0.2, 0.25) is 0 Å². The van der Waals surface area contributed by atoms with Gasteiger partial charge in [-0.2, -0.15) is 5.10 Å². The van der Waals surface area contributed by atoms with Crippen LogP contribution in [0, 0.1) is 0 Å². The van der Waals surface area contributed by atoms with Gasteiger partial charge in [-0.15, -0.1) is 0 Å². The molecule has 0 radical (unpaired) electrons. The Morgan fingerprint density at radius 1 is 1.24 bits per heavy atom. The summed E-state index contributed by atoms with van der Waals surface area (Å²) in [6.45, 7) is 1.56. The van der Waals surface area contributed by atoms with Crippen molar-refractivity contribution in [1.29, 1.82) is 0 Å². The third kappa shape index (κ3) is 3.26. The van der Waals surface area contributed by atoms with Gasteiger partial charge in [0.05, 0.1) is 24.0 Å². The lowest BCUT2D eigenvalue weighted by atomic mass is 10.1. The van der Waals surface area contributed by atoms with Crippen molar-refractivity contribution in [2.24, 2.45) is 0 Å². The Balaban J connectivity index is 1.49. The molecule has 0 spiro atoms. The fourth-order valence-corrected chi connectivity index (χ4v) is 3.85. The number of nitrogens with zero attached hydrogens (tertiary/aromatic N) is 3. The zero-order valence-corrected chi connectivity index (χ0v) is 14.3. The Morgan fingerprint density at radius 2 is 2.08 bits per heavy atom. The number of piperidine rings is 1. The van der Waals surface area contributed by atoms with Crippen molar-refractivity contribution in [3.63, 3.8) is 0 Å². The molecule has 2 aromatic rings. The van der Waals surface area contributed by atoms with E-state index in [1.165, 1.54) is 11.3 Å². The average Bonchev–Trinajstić information content (AvgIpc) is 3.23. The second kappa shape index (κ2) is 6.88. The number of nitrogens with one attached hydrogen (secondary N) is 1. The van der Waals surface area contributed by atoms with Crippen molar-refractivity contribution in [3.05, 3.63) is 47.3 Å². The average molecular weight is 340 g/mol. The molecule has 6 nitrogen and oxygen atoms in total. The molecule has 2 heterocycles. The molecule has 0 saturated carbocycles. The van der Waals surface area contributed by atoms with Crippen molar-refractivity contribution in [1.82, 2.24) is 20.0 Å². The molecule has 4 rings (SSSR count). The summed E-state index contributed by atoms with van der Waals surface area (Å²) in [6.07, 6.45) is 4.42. The standard InChI is InChI=1S/C19H24N4O2/c24-15-8-5-11-22(13-15)19(25)20-12-17-16-9-4-10-18(16)23(21-17)14-6-2-1-3-7-14/h1-3,6-7,15,24H,4-5,8-13H2,(H,20,25)/t15-/m1/s1. The Kier molecular flexibility index (Phi) is 4.44. The molecule has 25 heavy (non-hydrogen) atoms. The number of fused-ring (bicyclic) bond motifs is 1. The van der Waals surface area contributed by atoms with Gasteiger partial charge in [0, 0.05) is 18.8 Å². The number of benzene rings is 1. The molecule has 1 atom stereocenters. The summed E-state index contributed by atoms with van der Waals surface area (Å²) < 4.78 is 2.02. The first-order valence-corrected chi connectivity index (χ1v) is 9.08. The van der Waals surface area contributed by atoms with Crippen molar-refractivity contribution < 1.29 is 9.90 Å². The Bertz CT molecular complexity index is 756. The van der Waals surface area contributed by atoms with E-state index in [1.54, 1.807) is 4.90 Å². The van der Waals surface area contributed by atoms with Gasteiger partial charge in [0.2, 0.25) is 0 Å². The van der Waals surface area contributed by atoms with Gasteiger partial charge < -0.3 is 15.3 Å². The number of rotatable bonds is 3. The molecule has 1 aromatic carbocycles. The number of carbonyl (C=O) groups is 1. The van der Waals surface area contributed by atoms with Crippen LogP contribution < -0.4 is 5.32 Å². The molecule has 0 bridgehead atoms. The van der Waals surface area contributed by atoms with Crippen LogP contribution >= 0.6 is 0 Å². The van der Waals surface area contributed by atoms with Crippen LogP contribution in [0.25, 0.3) is 5.69 Å². The topological polar surface area (TPSA) is 70.4 Å². The summed E-state index contributed by atoms with van der Waals surface area (Å²) in [5.74, 6) is 0. The molecule has 2 N–H and O–H groups in total. The lowest BCUT2D eigenvalue weighted by molar-refractivity contribution is 0.0841. The number of aromatic nitrogens is 2. The largest absolute Gasteiger partial charge is 0.391 e. The predicted molar refractivity (Wildman–Crippen MR) is 94.6 cm³/mol. The van der Waals surface area contributed by atoms with Crippen molar-refractivity contribution in [3.8, 4) is 5.69 Å². The van der Waals surface area contributed by atoms with E-state index in [4.69, 9.17) is 5.10 Å². The lowest BCUT2D eigenvalue weighted by Gasteiger charge is -2.30. The van der Waals surface area contributed by atoms with Gasteiger partial charge >= 0.3 is 6.03 Å². The van der Waals surface area contributed by atoms with E-state index < -0.39 is 6.10 Å². The molecule has 0 unspecified atom stereocenters. The third-order valence-electron chi connectivity index (χ3n) is 5.10. The normalized spacial score (nSPS) is 19.7. The number of amides is 2. The van der Waals surface area contributed by atoms with Crippen LogP contribution in [0.4, 0.5) is 4.79 Å². The minimum Gasteiger partial charge on any atom is -0.391 e. The molecule has 2 amide bonds. The zero-order chi connectivity index (χ0) is 17.2. The van der Waals surface area contributed by atoms with Gasteiger partial charge in [-0.05, 0) is 49.8 Å². The number of β-amino-alcohol motifs (C(OH)–C–C–N with tert-alkyl or cyclic N) is 1. The monoisotopic (exact) mass is 340 g/mol. The van der Waals surface area contributed by atoms with Gasteiger partial charge in [0.25, 0.3) is 0 Å². The molecule has 1 aromatic heterocycles. The first kappa shape index (κ1) is 16.1. The predicted octanol–water partition coefficient (Wildman–Crippen LogP) is 2.03. The van der Waals surface area contributed by atoms with Crippen molar-refractivity contribution in [2.45, 2.75) is 44.8 Å². The fourth-order valence-electron chi connectivity index (χ4n) is 3.85. The number of hydrogen-bond donors (Lipinski definition) is 2. The molecule has 1 saturated heterocycles. The molecule has 132 valence electrons. The Labute approximate surface area is 147 Å². The summed E-state index contributed by atoms with van der Waals surface area (Å²) in [6, 6.07) is 10.0. The summed E-state index contributed by atoms with van der Waals surface area (Å²) in [5, 5.41) is 17.5. The zero-order valence-electron chi connectivity index (χ0n) is 14.3. The van der Waals surface area contributed by atoms with Crippen LogP contribution in [0.5, 0.6) is 0 Å². The van der Waals surface area contributed by atoms with Crippen molar-refractivity contribution >= 4 is 6.03 Å². The fraction of sp³-hybridized carbons (Fsp3) is 0.474. The minimum absolute atomic E-state index is 0.111. The number of aliphatic hydroxyl groups excluding tert-OH is 1. The van der Waals surface area contributed by atoms with Crippen LogP contribution in [-0.2, 0) is 19.4 Å². The SMILES string of the molecule is O=C(NCc1nn(-c2ccccc2)c2c1CCC2)N1CCC[C@@H](O)C1. The maximum absolute atomic E-state index is 12.4. The quantitative estimate of drug-likeness (QED) is 0.898. The van der Waals surface area contributed by atoms with Gasteiger partial charge in [0.15, 0.2) is 0 Å². The van der Waals surface area contributed by atoms with E-state index in [0.717, 1.165) is 43.5 Å². The van der Waals surface area contributed by atoms with E-state index in [9.17, 15) is 9.90 Å². The third-order valence-corrected chi connectivity index (χ3v) is 5.10. The molecule has 2 aliphatic rings. The summed E-state index contributed by atoms with van der Waals surface area (Å²) >= 11 is 0. The van der Waals surface area contributed by atoms with Crippen molar-refractivity contribution in [2.75, 3.05) is 13.1 Å². The first-order chi connectivity index (χ1) is 12.2.